The highest BCUT2D eigenvalue weighted by Gasteiger charge is 2.18. The zero-order chi connectivity index (χ0) is 5.98. The molecular weight excluding hydrogens is 102 g/mol. The lowest BCUT2D eigenvalue weighted by Gasteiger charge is -1.97. The first-order chi connectivity index (χ1) is 3.83. The number of hydrogen-bond acceptors (Lipinski definition) is 1. The molecule has 0 unspecified atom stereocenters. The molecule has 46 valence electrons. The van der Waals surface area contributed by atoms with E-state index in [0.29, 0.717) is 5.92 Å². The van der Waals surface area contributed by atoms with E-state index >= 15 is 0 Å². The molecule has 0 aliphatic carbocycles. The van der Waals surface area contributed by atoms with E-state index in [1.807, 2.05) is 0 Å². The molecule has 1 rings (SSSR count). The van der Waals surface area contributed by atoms with Crippen molar-refractivity contribution < 1.29 is 4.79 Å². The van der Waals surface area contributed by atoms with Gasteiger partial charge >= 0.3 is 0 Å². The van der Waals surface area contributed by atoms with E-state index in [4.69, 9.17) is 0 Å². The van der Waals surface area contributed by atoms with Crippen LogP contribution in [0.3, 0.4) is 0 Å². The maximum atomic E-state index is 10.5. The van der Waals surface area contributed by atoms with Gasteiger partial charge in [-0.15, -0.1) is 0 Å². The SMILES string of the molecule is CC[C@@H]1CNC(=O)C1. The third-order valence-corrected chi connectivity index (χ3v) is 1.64. The van der Waals surface area contributed by atoms with Gasteiger partial charge in [-0.25, -0.2) is 0 Å². The van der Waals surface area contributed by atoms with Gasteiger partial charge in [0.2, 0.25) is 5.91 Å². The van der Waals surface area contributed by atoms with E-state index in [1.54, 1.807) is 0 Å². The van der Waals surface area contributed by atoms with Crippen molar-refractivity contribution in [2.45, 2.75) is 19.8 Å². The summed E-state index contributed by atoms with van der Waals surface area (Å²) in [6.07, 6.45) is 1.87. The molecule has 1 aliphatic rings. The molecule has 1 aliphatic heterocycles. The Bertz CT molecular complexity index is 101. The molecule has 0 aromatic heterocycles. The van der Waals surface area contributed by atoms with Crippen LogP contribution in [0.15, 0.2) is 0 Å². The van der Waals surface area contributed by atoms with E-state index in [2.05, 4.69) is 12.2 Å². The van der Waals surface area contributed by atoms with Crippen LogP contribution < -0.4 is 5.32 Å². The van der Waals surface area contributed by atoms with Crippen molar-refractivity contribution in [3.05, 3.63) is 0 Å². The lowest BCUT2D eigenvalue weighted by Crippen LogP contribution is -2.13. The second kappa shape index (κ2) is 2.16. The Morgan fingerprint density at radius 1 is 1.88 bits per heavy atom. The molecule has 1 atom stereocenters. The third kappa shape index (κ3) is 0.997. The molecule has 0 aromatic carbocycles. The van der Waals surface area contributed by atoms with E-state index in [9.17, 15) is 4.79 Å². The van der Waals surface area contributed by atoms with Gasteiger partial charge in [0, 0.05) is 13.0 Å². The van der Waals surface area contributed by atoms with Crippen LogP contribution in [-0.2, 0) is 4.79 Å². The summed E-state index contributed by atoms with van der Waals surface area (Å²) < 4.78 is 0. The highest BCUT2D eigenvalue weighted by Crippen LogP contribution is 2.11. The summed E-state index contributed by atoms with van der Waals surface area (Å²) in [7, 11) is 0. The minimum atomic E-state index is 0.219. The lowest BCUT2D eigenvalue weighted by atomic mass is 10.1. The molecule has 1 saturated heterocycles. The van der Waals surface area contributed by atoms with E-state index < -0.39 is 0 Å². The van der Waals surface area contributed by atoms with Crippen molar-refractivity contribution in [1.29, 1.82) is 0 Å². The quantitative estimate of drug-likeness (QED) is 0.528. The molecule has 0 aromatic rings. The predicted molar refractivity (Wildman–Crippen MR) is 31.4 cm³/mol. The van der Waals surface area contributed by atoms with Crippen molar-refractivity contribution in [3.8, 4) is 0 Å². The maximum absolute atomic E-state index is 10.5. The topological polar surface area (TPSA) is 29.1 Å². The highest BCUT2D eigenvalue weighted by molar-refractivity contribution is 5.78. The maximum Gasteiger partial charge on any atom is 0.220 e. The Hall–Kier alpha value is -0.530. The predicted octanol–water partition coefficient (Wildman–Crippen LogP) is 0.532. The van der Waals surface area contributed by atoms with Crippen molar-refractivity contribution in [3.63, 3.8) is 0 Å². The Kier molecular flexibility index (Phi) is 1.51. The van der Waals surface area contributed by atoms with E-state index in [1.165, 1.54) is 0 Å². The van der Waals surface area contributed by atoms with Crippen molar-refractivity contribution >= 4 is 5.91 Å². The van der Waals surface area contributed by atoms with E-state index in [0.717, 1.165) is 19.4 Å². The molecule has 0 saturated carbocycles. The summed E-state index contributed by atoms with van der Waals surface area (Å²) >= 11 is 0. The monoisotopic (exact) mass is 113 g/mol. The molecule has 0 spiro atoms. The van der Waals surface area contributed by atoms with Crippen molar-refractivity contribution in [2.75, 3.05) is 6.54 Å². The lowest BCUT2D eigenvalue weighted by molar-refractivity contribution is -0.119. The molecule has 0 bridgehead atoms. The summed E-state index contributed by atoms with van der Waals surface area (Å²) in [5, 5.41) is 2.78. The van der Waals surface area contributed by atoms with Gasteiger partial charge in [0.05, 0.1) is 0 Å². The van der Waals surface area contributed by atoms with Crippen LogP contribution in [-0.4, -0.2) is 12.5 Å². The molecule has 2 heteroatoms. The fourth-order valence-electron chi connectivity index (χ4n) is 0.953. The van der Waals surface area contributed by atoms with Gasteiger partial charge in [-0.3, -0.25) is 4.79 Å². The van der Waals surface area contributed by atoms with Gasteiger partial charge in [-0.05, 0) is 5.92 Å². The van der Waals surface area contributed by atoms with Gasteiger partial charge in [-0.2, -0.15) is 0 Å². The van der Waals surface area contributed by atoms with Crippen molar-refractivity contribution in [1.82, 2.24) is 5.32 Å². The normalized spacial score (nSPS) is 28.1. The van der Waals surface area contributed by atoms with Crippen LogP contribution in [0.4, 0.5) is 0 Å². The molecule has 1 N–H and O–H groups in total. The van der Waals surface area contributed by atoms with Gasteiger partial charge in [0.15, 0.2) is 0 Å². The van der Waals surface area contributed by atoms with Crippen LogP contribution in [0.25, 0.3) is 0 Å². The summed E-state index contributed by atoms with van der Waals surface area (Å²) in [5.74, 6) is 0.833. The molecule has 1 amide bonds. The van der Waals surface area contributed by atoms with Crippen LogP contribution in [0.5, 0.6) is 0 Å². The molecule has 8 heavy (non-hydrogen) atoms. The first kappa shape index (κ1) is 5.60. The Morgan fingerprint density at radius 2 is 2.62 bits per heavy atom. The molecule has 1 heterocycles. The van der Waals surface area contributed by atoms with Crippen LogP contribution >= 0.6 is 0 Å². The molecule has 0 radical (unpaired) electrons. The Morgan fingerprint density at radius 3 is 2.88 bits per heavy atom. The second-order valence-corrected chi connectivity index (χ2v) is 2.28. The van der Waals surface area contributed by atoms with E-state index in [-0.39, 0.29) is 5.91 Å². The third-order valence-electron chi connectivity index (χ3n) is 1.64. The second-order valence-electron chi connectivity index (χ2n) is 2.28. The molecule has 2 nitrogen and oxygen atoms in total. The number of carbonyl (C=O) groups is 1. The number of hydrogen-bond donors (Lipinski definition) is 1. The Balaban J connectivity index is 2.32. The van der Waals surface area contributed by atoms with Gasteiger partial charge in [-0.1, -0.05) is 13.3 Å². The number of rotatable bonds is 1. The summed E-state index contributed by atoms with van der Waals surface area (Å²) in [6, 6.07) is 0. The number of carbonyl (C=O) groups excluding carboxylic acids is 1. The number of nitrogens with one attached hydrogen (secondary N) is 1. The van der Waals surface area contributed by atoms with Gasteiger partial charge < -0.3 is 5.32 Å². The average molecular weight is 113 g/mol. The molecule has 1 fully saturated rings. The van der Waals surface area contributed by atoms with Crippen LogP contribution in [0.1, 0.15) is 19.8 Å². The summed E-state index contributed by atoms with van der Waals surface area (Å²) in [6.45, 7) is 3.01. The molecular formula is C6H11NO. The first-order valence-electron chi connectivity index (χ1n) is 3.09. The minimum Gasteiger partial charge on any atom is -0.356 e. The number of amides is 1. The first-order valence-corrected chi connectivity index (χ1v) is 3.09. The van der Waals surface area contributed by atoms with Crippen molar-refractivity contribution in [2.24, 2.45) is 5.92 Å². The van der Waals surface area contributed by atoms with Gasteiger partial charge in [0.1, 0.15) is 0 Å². The summed E-state index contributed by atoms with van der Waals surface area (Å²) in [4.78, 5) is 10.5. The summed E-state index contributed by atoms with van der Waals surface area (Å²) in [5.41, 5.74) is 0. The highest BCUT2D eigenvalue weighted by atomic mass is 16.1. The smallest absolute Gasteiger partial charge is 0.220 e. The fraction of sp³-hybridized carbons (Fsp3) is 0.833. The van der Waals surface area contributed by atoms with Crippen LogP contribution in [0, 0.1) is 5.92 Å². The van der Waals surface area contributed by atoms with Crippen LogP contribution in [0.2, 0.25) is 0 Å². The average Bonchev–Trinajstić information content (AvgIpc) is 2.14. The zero-order valence-electron chi connectivity index (χ0n) is 5.11. The largest absolute Gasteiger partial charge is 0.356 e. The fourth-order valence-corrected chi connectivity index (χ4v) is 0.953. The minimum absolute atomic E-state index is 0.219. The zero-order valence-corrected chi connectivity index (χ0v) is 5.11. The van der Waals surface area contributed by atoms with Gasteiger partial charge in [0.25, 0.3) is 0 Å². The standard InChI is InChI=1S/C6H11NO/c1-2-5-3-6(8)7-4-5/h5H,2-4H2,1H3,(H,7,8)/t5-/m0/s1. The Labute approximate surface area is 49.3 Å².